The van der Waals surface area contributed by atoms with Crippen molar-refractivity contribution in [2.24, 2.45) is 10.7 Å². The number of aryl methyl sites for hydroxylation is 1. The minimum Gasteiger partial charge on any atom is -0.383 e. The third-order valence-corrected chi connectivity index (χ3v) is 3.99. The standard InChI is InChI=1S/C15H23N3O/c1-4-15(13-7-5-12(2)6-8-13)11-17-14(16)18(15)9-10-19-3/h5-8H,4,9-11H2,1-3H3,(H2,16,17). The van der Waals surface area contributed by atoms with Crippen LogP contribution in [0.15, 0.2) is 29.3 Å². The summed E-state index contributed by atoms with van der Waals surface area (Å²) in [6.07, 6.45) is 0.976. The first-order valence-electron chi connectivity index (χ1n) is 6.77. The predicted octanol–water partition coefficient (Wildman–Crippen LogP) is 1.88. The van der Waals surface area contributed by atoms with E-state index < -0.39 is 0 Å². The molecule has 4 heteroatoms. The Kier molecular flexibility index (Phi) is 4.10. The van der Waals surface area contributed by atoms with Crippen LogP contribution in [0.3, 0.4) is 0 Å². The lowest BCUT2D eigenvalue weighted by Gasteiger charge is -2.39. The fourth-order valence-electron chi connectivity index (χ4n) is 2.73. The van der Waals surface area contributed by atoms with Crippen LogP contribution >= 0.6 is 0 Å². The molecule has 1 atom stereocenters. The van der Waals surface area contributed by atoms with Gasteiger partial charge >= 0.3 is 0 Å². The fourth-order valence-corrected chi connectivity index (χ4v) is 2.73. The smallest absolute Gasteiger partial charge is 0.192 e. The number of methoxy groups -OCH3 is 1. The number of nitrogens with two attached hydrogens (primary N) is 1. The molecule has 104 valence electrons. The van der Waals surface area contributed by atoms with E-state index in [1.807, 2.05) is 0 Å². The van der Waals surface area contributed by atoms with Crippen molar-refractivity contribution in [2.45, 2.75) is 25.8 Å². The van der Waals surface area contributed by atoms with Gasteiger partial charge in [-0.05, 0) is 18.9 Å². The topological polar surface area (TPSA) is 50.8 Å². The van der Waals surface area contributed by atoms with Gasteiger partial charge in [-0.2, -0.15) is 0 Å². The quantitative estimate of drug-likeness (QED) is 0.880. The minimum absolute atomic E-state index is 0.115. The largest absolute Gasteiger partial charge is 0.383 e. The highest BCUT2D eigenvalue weighted by molar-refractivity contribution is 5.81. The van der Waals surface area contributed by atoms with Crippen LogP contribution in [-0.2, 0) is 10.3 Å². The molecule has 1 aromatic rings. The van der Waals surface area contributed by atoms with Crippen LogP contribution in [0.25, 0.3) is 0 Å². The summed E-state index contributed by atoms with van der Waals surface area (Å²) in [5.41, 5.74) is 8.49. The fraction of sp³-hybridized carbons (Fsp3) is 0.533. The Morgan fingerprint density at radius 1 is 1.37 bits per heavy atom. The SMILES string of the molecule is CCC1(c2ccc(C)cc2)CN=C(N)N1CCOC. The maximum Gasteiger partial charge on any atom is 0.192 e. The third kappa shape index (κ3) is 2.45. The number of hydrogen-bond acceptors (Lipinski definition) is 4. The molecule has 0 saturated carbocycles. The van der Waals surface area contributed by atoms with Crippen LogP contribution in [-0.4, -0.2) is 37.7 Å². The summed E-state index contributed by atoms with van der Waals surface area (Å²) in [6.45, 7) is 6.44. The zero-order valence-electron chi connectivity index (χ0n) is 12.0. The molecule has 0 fully saturated rings. The van der Waals surface area contributed by atoms with Gasteiger partial charge in [-0.3, -0.25) is 4.99 Å². The van der Waals surface area contributed by atoms with Gasteiger partial charge in [0, 0.05) is 13.7 Å². The molecule has 2 rings (SSSR count). The van der Waals surface area contributed by atoms with Crippen molar-refractivity contribution in [1.29, 1.82) is 0 Å². The van der Waals surface area contributed by atoms with Gasteiger partial charge in [-0.15, -0.1) is 0 Å². The zero-order chi connectivity index (χ0) is 13.9. The van der Waals surface area contributed by atoms with E-state index in [9.17, 15) is 0 Å². The summed E-state index contributed by atoms with van der Waals surface area (Å²) >= 11 is 0. The summed E-state index contributed by atoms with van der Waals surface area (Å²) in [5, 5.41) is 0. The van der Waals surface area contributed by atoms with Gasteiger partial charge in [0.05, 0.1) is 18.7 Å². The van der Waals surface area contributed by atoms with Crippen molar-refractivity contribution in [3.8, 4) is 0 Å². The van der Waals surface area contributed by atoms with E-state index in [0.717, 1.165) is 19.5 Å². The van der Waals surface area contributed by atoms with E-state index in [1.165, 1.54) is 11.1 Å². The van der Waals surface area contributed by atoms with E-state index in [0.29, 0.717) is 12.6 Å². The zero-order valence-corrected chi connectivity index (χ0v) is 12.0. The summed E-state index contributed by atoms with van der Waals surface area (Å²) in [4.78, 5) is 6.64. The molecule has 1 unspecified atom stereocenters. The molecule has 0 saturated heterocycles. The molecule has 1 aliphatic heterocycles. The number of ether oxygens (including phenoxy) is 1. The molecule has 1 aliphatic rings. The number of benzene rings is 1. The van der Waals surface area contributed by atoms with Crippen molar-refractivity contribution in [1.82, 2.24) is 4.90 Å². The minimum atomic E-state index is -0.115. The molecular formula is C15H23N3O. The summed E-state index contributed by atoms with van der Waals surface area (Å²) in [7, 11) is 1.71. The molecule has 1 aromatic carbocycles. The van der Waals surface area contributed by atoms with E-state index in [-0.39, 0.29) is 5.54 Å². The van der Waals surface area contributed by atoms with E-state index in [1.54, 1.807) is 7.11 Å². The predicted molar refractivity (Wildman–Crippen MR) is 78.2 cm³/mol. The molecule has 4 nitrogen and oxygen atoms in total. The Labute approximate surface area is 115 Å². The van der Waals surface area contributed by atoms with Gasteiger partial charge in [0.25, 0.3) is 0 Å². The average Bonchev–Trinajstić information content (AvgIpc) is 2.75. The summed E-state index contributed by atoms with van der Waals surface area (Å²) < 4.78 is 5.19. The molecule has 0 amide bonds. The third-order valence-electron chi connectivity index (χ3n) is 3.99. The molecule has 0 radical (unpaired) electrons. The molecule has 0 aliphatic carbocycles. The van der Waals surface area contributed by atoms with Crippen molar-refractivity contribution in [3.05, 3.63) is 35.4 Å². The second-order valence-corrected chi connectivity index (χ2v) is 5.07. The highest BCUT2D eigenvalue weighted by atomic mass is 16.5. The van der Waals surface area contributed by atoms with Gasteiger partial charge in [-0.25, -0.2) is 0 Å². The van der Waals surface area contributed by atoms with Gasteiger partial charge < -0.3 is 15.4 Å². The number of hydrogen-bond donors (Lipinski definition) is 1. The van der Waals surface area contributed by atoms with Crippen molar-refractivity contribution < 1.29 is 4.74 Å². The van der Waals surface area contributed by atoms with Gasteiger partial charge in [0.15, 0.2) is 5.96 Å². The first-order valence-corrected chi connectivity index (χ1v) is 6.77. The number of guanidine groups is 1. The maximum absolute atomic E-state index is 6.06. The van der Waals surface area contributed by atoms with E-state index in [4.69, 9.17) is 10.5 Å². The van der Waals surface area contributed by atoms with Crippen LogP contribution in [0.5, 0.6) is 0 Å². The highest BCUT2D eigenvalue weighted by Gasteiger charge is 2.41. The highest BCUT2D eigenvalue weighted by Crippen LogP contribution is 2.36. The van der Waals surface area contributed by atoms with Crippen LogP contribution < -0.4 is 5.73 Å². The van der Waals surface area contributed by atoms with Crippen LogP contribution in [0, 0.1) is 6.92 Å². The Bertz CT molecular complexity index is 455. The molecule has 0 spiro atoms. The lowest BCUT2D eigenvalue weighted by molar-refractivity contribution is 0.125. The van der Waals surface area contributed by atoms with E-state index in [2.05, 4.69) is 48.0 Å². The summed E-state index contributed by atoms with van der Waals surface area (Å²) in [5.74, 6) is 0.625. The molecular weight excluding hydrogens is 238 g/mol. The van der Waals surface area contributed by atoms with Gasteiger partial charge in [0.1, 0.15) is 0 Å². The second kappa shape index (κ2) is 5.61. The summed E-state index contributed by atoms with van der Waals surface area (Å²) in [6, 6.07) is 8.67. The van der Waals surface area contributed by atoms with Crippen molar-refractivity contribution in [3.63, 3.8) is 0 Å². The number of nitrogens with zero attached hydrogens (tertiary/aromatic N) is 2. The van der Waals surface area contributed by atoms with Crippen molar-refractivity contribution in [2.75, 3.05) is 26.8 Å². The van der Waals surface area contributed by atoms with E-state index >= 15 is 0 Å². The number of aliphatic imine (C=N–C) groups is 1. The Morgan fingerprint density at radius 2 is 2.05 bits per heavy atom. The molecule has 2 N–H and O–H groups in total. The Hall–Kier alpha value is -1.55. The maximum atomic E-state index is 6.06. The lowest BCUT2D eigenvalue weighted by atomic mass is 9.86. The monoisotopic (exact) mass is 261 g/mol. The molecule has 1 heterocycles. The first-order chi connectivity index (χ1) is 9.14. The van der Waals surface area contributed by atoms with Crippen LogP contribution in [0.4, 0.5) is 0 Å². The lowest BCUT2D eigenvalue weighted by Crippen LogP contribution is -2.50. The number of rotatable bonds is 5. The average molecular weight is 261 g/mol. The molecule has 0 aromatic heterocycles. The Balaban J connectivity index is 2.33. The van der Waals surface area contributed by atoms with Gasteiger partial charge in [0.2, 0.25) is 0 Å². The molecule has 0 bridgehead atoms. The first kappa shape index (κ1) is 13.9. The van der Waals surface area contributed by atoms with Crippen molar-refractivity contribution >= 4 is 5.96 Å². The Morgan fingerprint density at radius 3 is 2.63 bits per heavy atom. The molecule has 19 heavy (non-hydrogen) atoms. The van der Waals surface area contributed by atoms with Crippen LogP contribution in [0.2, 0.25) is 0 Å². The van der Waals surface area contributed by atoms with Gasteiger partial charge in [-0.1, -0.05) is 36.8 Å². The normalized spacial score (nSPS) is 22.7. The van der Waals surface area contributed by atoms with Crippen LogP contribution in [0.1, 0.15) is 24.5 Å². The second-order valence-electron chi connectivity index (χ2n) is 5.07.